The minimum Gasteiger partial charge on any atom is -0.496 e. The summed E-state index contributed by atoms with van der Waals surface area (Å²) in [6.45, 7) is 5.00. The molecule has 0 aliphatic heterocycles. The van der Waals surface area contributed by atoms with Gasteiger partial charge in [0, 0.05) is 12.1 Å². The number of rotatable bonds is 8. The van der Waals surface area contributed by atoms with Crippen LogP contribution in [-0.2, 0) is 28.7 Å². The maximum absolute atomic E-state index is 13.3. The molecule has 0 saturated carbocycles. The molecule has 0 spiro atoms. The van der Waals surface area contributed by atoms with Crippen LogP contribution in [0.4, 0.5) is 13.2 Å². The van der Waals surface area contributed by atoms with Crippen molar-refractivity contribution in [2.75, 3.05) is 20.3 Å². The number of alkyl halides is 3. The van der Waals surface area contributed by atoms with Crippen LogP contribution in [0.3, 0.4) is 0 Å². The van der Waals surface area contributed by atoms with E-state index >= 15 is 0 Å². The monoisotopic (exact) mass is 395 g/mol. The summed E-state index contributed by atoms with van der Waals surface area (Å²) < 4.78 is 50.2. The van der Waals surface area contributed by atoms with Crippen LogP contribution in [0.5, 0.6) is 5.75 Å². The van der Waals surface area contributed by atoms with Gasteiger partial charge in [-0.1, -0.05) is 19.1 Å². The molecule has 0 amide bonds. The summed E-state index contributed by atoms with van der Waals surface area (Å²) in [5, 5.41) is 3.14. The summed E-state index contributed by atoms with van der Waals surface area (Å²) in [5.41, 5.74) is 1.53. The summed E-state index contributed by atoms with van der Waals surface area (Å²) in [4.78, 5) is 11.8. The van der Waals surface area contributed by atoms with Crippen LogP contribution in [0, 0.1) is 0 Å². The molecule has 0 aromatic heterocycles. The summed E-state index contributed by atoms with van der Waals surface area (Å²) in [7, 11) is 1.46. The summed E-state index contributed by atoms with van der Waals surface area (Å²) in [6, 6.07) is 8.71. The predicted octanol–water partition coefficient (Wildman–Crippen LogP) is 4.60. The van der Waals surface area contributed by atoms with Crippen LogP contribution in [0.15, 0.2) is 36.4 Å². The molecule has 2 rings (SSSR count). The van der Waals surface area contributed by atoms with Gasteiger partial charge in [-0.15, -0.1) is 0 Å². The Morgan fingerprint density at radius 2 is 1.82 bits per heavy atom. The predicted molar refractivity (Wildman–Crippen MR) is 101 cm³/mol. The molecule has 7 heteroatoms. The molecule has 4 nitrogen and oxygen atoms in total. The molecule has 0 atom stereocenters. The zero-order chi connectivity index (χ0) is 20.7. The Kier molecular flexibility index (Phi) is 7.45. The van der Waals surface area contributed by atoms with Crippen molar-refractivity contribution in [1.29, 1.82) is 0 Å². The third kappa shape index (κ3) is 5.48. The molecule has 2 aromatic rings. The van der Waals surface area contributed by atoms with E-state index in [-0.39, 0.29) is 13.0 Å². The lowest BCUT2D eigenvalue weighted by molar-refractivity contribution is -0.142. The van der Waals surface area contributed by atoms with Gasteiger partial charge < -0.3 is 14.8 Å². The molecule has 0 unspecified atom stereocenters. The first kappa shape index (κ1) is 21.8. The second-order valence-electron chi connectivity index (χ2n) is 6.17. The van der Waals surface area contributed by atoms with E-state index in [0.717, 1.165) is 12.1 Å². The molecule has 0 saturated heterocycles. The van der Waals surface area contributed by atoms with Crippen molar-refractivity contribution in [2.24, 2.45) is 0 Å². The van der Waals surface area contributed by atoms with Crippen molar-refractivity contribution in [1.82, 2.24) is 5.32 Å². The van der Waals surface area contributed by atoms with Crippen molar-refractivity contribution < 1.29 is 27.4 Å². The number of halogens is 3. The molecular formula is C21H24F3NO3. The summed E-state index contributed by atoms with van der Waals surface area (Å²) in [5.74, 6) is 0.0419. The van der Waals surface area contributed by atoms with Crippen molar-refractivity contribution in [3.63, 3.8) is 0 Å². The molecule has 0 fully saturated rings. The molecule has 0 aliphatic carbocycles. The number of benzene rings is 2. The third-order valence-electron chi connectivity index (χ3n) is 4.21. The number of nitrogens with one attached hydrogen (secondary N) is 1. The Bertz CT molecular complexity index is 819. The summed E-state index contributed by atoms with van der Waals surface area (Å²) >= 11 is 0. The van der Waals surface area contributed by atoms with Crippen LogP contribution in [0.25, 0.3) is 11.1 Å². The Balaban J connectivity index is 2.57. The van der Waals surface area contributed by atoms with Gasteiger partial charge in [-0.25, -0.2) is 0 Å². The maximum Gasteiger partial charge on any atom is 0.416 e. The molecule has 0 heterocycles. The highest BCUT2D eigenvalue weighted by molar-refractivity contribution is 5.78. The minimum atomic E-state index is -4.46. The Morgan fingerprint density at radius 1 is 1.07 bits per heavy atom. The van der Waals surface area contributed by atoms with Crippen LogP contribution in [0.2, 0.25) is 0 Å². The van der Waals surface area contributed by atoms with Gasteiger partial charge in [0.05, 0.1) is 25.7 Å². The van der Waals surface area contributed by atoms with Gasteiger partial charge in [-0.05, 0) is 54.4 Å². The number of methoxy groups -OCH3 is 1. The zero-order valence-electron chi connectivity index (χ0n) is 16.2. The highest BCUT2D eigenvalue weighted by Gasteiger charge is 2.31. The van der Waals surface area contributed by atoms with Crippen LogP contribution < -0.4 is 10.1 Å². The van der Waals surface area contributed by atoms with Gasteiger partial charge in [0.2, 0.25) is 0 Å². The van der Waals surface area contributed by atoms with Gasteiger partial charge in [0.1, 0.15) is 5.75 Å². The topological polar surface area (TPSA) is 47.6 Å². The van der Waals surface area contributed by atoms with E-state index in [1.54, 1.807) is 25.1 Å². The van der Waals surface area contributed by atoms with Crippen LogP contribution in [0.1, 0.15) is 30.5 Å². The number of ether oxygens (including phenoxy) is 2. The van der Waals surface area contributed by atoms with Crippen molar-refractivity contribution in [3.05, 3.63) is 53.1 Å². The van der Waals surface area contributed by atoms with Crippen molar-refractivity contribution in [2.45, 2.75) is 33.0 Å². The molecule has 28 heavy (non-hydrogen) atoms. The average Bonchev–Trinajstić information content (AvgIpc) is 2.65. The largest absolute Gasteiger partial charge is 0.496 e. The Morgan fingerprint density at radius 3 is 2.43 bits per heavy atom. The Labute approximate surface area is 162 Å². The van der Waals surface area contributed by atoms with Gasteiger partial charge in [-0.2, -0.15) is 13.2 Å². The zero-order valence-corrected chi connectivity index (χ0v) is 16.2. The molecule has 0 aliphatic rings. The molecule has 0 bridgehead atoms. The quantitative estimate of drug-likeness (QED) is 0.664. The van der Waals surface area contributed by atoms with Gasteiger partial charge in [0.15, 0.2) is 0 Å². The van der Waals surface area contributed by atoms with E-state index in [1.165, 1.54) is 13.2 Å². The van der Waals surface area contributed by atoms with E-state index in [9.17, 15) is 18.0 Å². The first-order chi connectivity index (χ1) is 13.3. The lowest BCUT2D eigenvalue weighted by atomic mass is 9.94. The van der Waals surface area contributed by atoms with E-state index in [4.69, 9.17) is 9.47 Å². The number of carbonyl (C=O) groups is 1. The number of carbonyl (C=O) groups excluding carboxylic acids is 1. The maximum atomic E-state index is 13.3. The fourth-order valence-electron chi connectivity index (χ4n) is 2.87. The molecular weight excluding hydrogens is 371 g/mol. The highest BCUT2D eigenvalue weighted by Crippen LogP contribution is 2.38. The lowest BCUT2D eigenvalue weighted by Crippen LogP contribution is -2.14. The van der Waals surface area contributed by atoms with Crippen LogP contribution in [-0.4, -0.2) is 26.2 Å². The molecule has 0 radical (unpaired) electrons. The van der Waals surface area contributed by atoms with Crippen LogP contribution >= 0.6 is 0 Å². The van der Waals surface area contributed by atoms with E-state index in [2.05, 4.69) is 5.32 Å². The van der Waals surface area contributed by atoms with E-state index in [1.807, 2.05) is 6.92 Å². The normalized spacial score (nSPS) is 11.4. The molecule has 1 N–H and O–H groups in total. The first-order valence-corrected chi connectivity index (χ1v) is 9.03. The lowest BCUT2D eigenvalue weighted by Gasteiger charge is -2.17. The first-order valence-electron chi connectivity index (χ1n) is 9.03. The molecule has 2 aromatic carbocycles. The van der Waals surface area contributed by atoms with Crippen molar-refractivity contribution in [3.8, 4) is 16.9 Å². The SMILES string of the molecule is CCNCc1ccc(C(F)(F)F)cc1-c1cc(CC(=O)OCC)ccc1OC. The number of esters is 1. The van der Waals surface area contributed by atoms with Gasteiger partial charge in [0.25, 0.3) is 0 Å². The molecule has 152 valence electrons. The highest BCUT2D eigenvalue weighted by atomic mass is 19.4. The number of hydrogen-bond donors (Lipinski definition) is 1. The standard InChI is InChI=1S/C21H24F3NO3/c1-4-25-13-15-7-8-16(21(22,23)24)12-17(15)18-10-14(6-9-19(18)27-3)11-20(26)28-5-2/h6-10,12,25H,4-5,11,13H2,1-3H3. The fourth-order valence-corrected chi connectivity index (χ4v) is 2.87. The van der Waals surface area contributed by atoms with Gasteiger partial charge in [-0.3, -0.25) is 4.79 Å². The summed E-state index contributed by atoms with van der Waals surface area (Å²) in [6.07, 6.45) is -4.42. The van der Waals surface area contributed by atoms with Crippen molar-refractivity contribution >= 4 is 5.97 Å². The Hall–Kier alpha value is -2.54. The smallest absolute Gasteiger partial charge is 0.416 e. The minimum absolute atomic E-state index is 0.0341. The fraction of sp³-hybridized carbons (Fsp3) is 0.381. The second kappa shape index (κ2) is 9.59. The van der Waals surface area contributed by atoms with E-state index in [0.29, 0.717) is 41.1 Å². The van der Waals surface area contributed by atoms with E-state index < -0.39 is 17.7 Å². The third-order valence-corrected chi connectivity index (χ3v) is 4.21. The van der Waals surface area contributed by atoms with Gasteiger partial charge >= 0.3 is 12.1 Å². The second-order valence-corrected chi connectivity index (χ2v) is 6.17. The average molecular weight is 395 g/mol. The number of hydrogen-bond acceptors (Lipinski definition) is 4.